The molecule has 28 heavy (non-hydrogen) atoms. The monoisotopic (exact) mass is 448 g/mol. The van der Waals surface area contributed by atoms with Crippen LogP contribution in [-0.2, 0) is 4.79 Å². The summed E-state index contributed by atoms with van der Waals surface area (Å²) in [6.45, 7) is 0.125. The van der Waals surface area contributed by atoms with Crippen molar-refractivity contribution in [2.45, 2.75) is 18.6 Å². The number of nitrogens with zero attached hydrogens (tertiary/aromatic N) is 1. The lowest BCUT2D eigenvalue weighted by Crippen LogP contribution is -2.35. The van der Waals surface area contributed by atoms with E-state index in [1.165, 1.54) is 12.4 Å². The van der Waals surface area contributed by atoms with E-state index in [9.17, 15) is 13.6 Å². The van der Waals surface area contributed by atoms with Gasteiger partial charge in [0.2, 0.25) is 5.91 Å². The summed E-state index contributed by atoms with van der Waals surface area (Å²) >= 11 is 6.38. The molecule has 10 heteroatoms. The highest BCUT2D eigenvalue weighted by molar-refractivity contribution is 6.37. The molecule has 2 aromatic carbocycles. The molecule has 3 aromatic rings. The number of imidazole rings is 1. The molecule has 0 saturated carbocycles. The fourth-order valence-corrected chi connectivity index (χ4v) is 3.45. The first-order valence-electron chi connectivity index (χ1n) is 8.13. The molecule has 1 aromatic heterocycles. The summed E-state index contributed by atoms with van der Waals surface area (Å²) in [4.78, 5) is 19.3. The number of amides is 1. The quantitative estimate of drug-likeness (QED) is 0.551. The molecule has 1 fully saturated rings. The van der Waals surface area contributed by atoms with Crippen LogP contribution in [-0.4, -0.2) is 34.6 Å². The van der Waals surface area contributed by atoms with Gasteiger partial charge in [-0.25, -0.2) is 13.8 Å². The summed E-state index contributed by atoms with van der Waals surface area (Å²) in [5.74, 6) is -1.07. The Morgan fingerprint density at radius 2 is 2.00 bits per heavy atom. The maximum atomic E-state index is 15.0. The van der Waals surface area contributed by atoms with Crippen molar-refractivity contribution < 1.29 is 13.6 Å². The van der Waals surface area contributed by atoms with Gasteiger partial charge in [0.25, 0.3) is 0 Å². The van der Waals surface area contributed by atoms with E-state index in [0.29, 0.717) is 16.1 Å². The Balaban J connectivity index is 0.00000140. The molecule has 2 heterocycles. The van der Waals surface area contributed by atoms with Crippen LogP contribution in [0.4, 0.5) is 14.5 Å². The highest BCUT2D eigenvalue weighted by Gasteiger charge is 2.29. The first kappa shape index (κ1) is 22.4. The van der Waals surface area contributed by atoms with Gasteiger partial charge in [0, 0.05) is 24.1 Å². The number of hydrogen-bond donors (Lipinski definition) is 3. The number of anilines is 1. The number of carbonyl (C=O) groups excluding carboxylic acids is 1. The van der Waals surface area contributed by atoms with Crippen LogP contribution in [0.25, 0.3) is 22.2 Å². The molecule has 0 radical (unpaired) electrons. The van der Waals surface area contributed by atoms with E-state index < -0.39 is 23.9 Å². The first-order chi connectivity index (χ1) is 12.5. The van der Waals surface area contributed by atoms with E-state index in [1.54, 1.807) is 24.3 Å². The van der Waals surface area contributed by atoms with Crippen molar-refractivity contribution in [2.24, 2.45) is 0 Å². The third-order valence-electron chi connectivity index (χ3n) is 4.47. The average Bonchev–Trinajstić information content (AvgIpc) is 3.27. The number of hydrogen-bond acceptors (Lipinski definition) is 3. The Hall–Kier alpha value is -1.93. The summed E-state index contributed by atoms with van der Waals surface area (Å²) in [5, 5.41) is 5.63. The van der Waals surface area contributed by atoms with Crippen LogP contribution in [0.15, 0.2) is 36.7 Å². The molecule has 1 aliphatic heterocycles. The van der Waals surface area contributed by atoms with Gasteiger partial charge in [0.05, 0.1) is 28.6 Å². The van der Waals surface area contributed by atoms with Crippen LogP contribution in [0.2, 0.25) is 5.02 Å². The van der Waals surface area contributed by atoms with E-state index >= 15 is 0 Å². The van der Waals surface area contributed by atoms with Gasteiger partial charge >= 0.3 is 0 Å². The molecule has 2 atom stereocenters. The number of aromatic amines is 1. The van der Waals surface area contributed by atoms with Gasteiger partial charge in [-0.15, -0.1) is 24.8 Å². The second kappa shape index (κ2) is 9.05. The van der Waals surface area contributed by atoms with Crippen LogP contribution in [0.3, 0.4) is 0 Å². The van der Waals surface area contributed by atoms with Crippen LogP contribution < -0.4 is 10.6 Å². The van der Waals surface area contributed by atoms with Crippen LogP contribution in [0.5, 0.6) is 0 Å². The average molecular weight is 450 g/mol. The Bertz CT molecular complexity index is 998. The minimum absolute atomic E-state index is 0. The number of nitrogens with one attached hydrogen (secondary N) is 3. The van der Waals surface area contributed by atoms with Gasteiger partial charge in [0.1, 0.15) is 11.7 Å². The lowest BCUT2D eigenvalue weighted by atomic mass is 10.0. The number of aromatic nitrogens is 2. The lowest BCUT2D eigenvalue weighted by molar-refractivity contribution is -0.117. The van der Waals surface area contributed by atoms with Gasteiger partial charge in [-0.3, -0.25) is 4.79 Å². The van der Waals surface area contributed by atoms with Crippen LogP contribution in [0.1, 0.15) is 6.42 Å². The Labute approximate surface area is 177 Å². The molecule has 3 N–H and O–H groups in total. The SMILES string of the molecule is Cl.Cl.O=C(Nc1cccc(-c2ccc3[nH]cnc3c2Cl)c1F)[C@@H]1C[C@@H](F)CN1. The Kier molecular flexibility index (Phi) is 7.22. The van der Waals surface area contributed by atoms with Crippen molar-refractivity contribution in [1.29, 1.82) is 0 Å². The minimum Gasteiger partial charge on any atom is -0.345 e. The number of benzene rings is 2. The van der Waals surface area contributed by atoms with Crippen LogP contribution in [0, 0.1) is 5.82 Å². The fraction of sp³-hybridized carbons (Fsp3) is 0.222. The van der Waals surface area contributed by atoms with Gasteiger partial charge in [-0.05, 0) is 12.1 Å². The van der Waals surface area contributed by atoms with E-state index in [4.69, 9.17) is 11.6 Å². The topological polar surface area (TPSA) is 69.8 Å². The predicted molar refractivity (Wildman–Crippen MR) is 111 cm³/mol. The zero-order chi connectivity index (χ0) is 18.3. The number of rotatable bonds is 3. The Morgan fingerprint density at radius 3 is 2.71 bits per heavy atom. The standard InChI is InChI=1S/C18H15ClF2N4O.2ClH/c19-15-10(4-5-13-17(15)24-8-23-13)11-2-1-3-12(16(11)21)25-18(26)14-6-9(20)7-22-14;;/h1-5,8-9,14,22H,6-7H2,(H,23,24)(H,25,26);2*1H/t9-,14+;;/m1../s1. The van der Waals surface area contributed by atoms with E-state index in [0.717, 1.165) is 5.52 Å². The van der Waals surface area contributed by atoms with Crippen molar-refractivity contribution in [3.8, 4) is 11.1 Å². The summed E-state index contributed by atoms with van der Waals surface area (Å²) < 4.78 is 28.2. The summed E-state index contributed by atoms with van der Waals surface area (Å²) in [6, 6.07) is 7.45. The highest BCUT2D eigenvalue weighted by Crippen LogP contribution is 2.36. The van der Waals surface area contributed by atoms with Crippen molar-refractivity contribution in [1.82, 2.24) is 15.3 Å². The summed E-state index contributed by atoms with van der Waals surface area (Å²) in [7, 11) is 0. The molecule has 5 nitrogen and oxygen atoms in total. The van der Waals surface area contributed by atoms with E-state index in [-0.39, 0.29) is 49.0 Å². The third kappa shape index (κ3) is 4.07. The molecule has 0 bridgehead atoms. The number of alkyl halides is 1. The molecule has 0 aliphatic carbocycles. The molecule has 1 saturated heterocycles. The third-order valence-corrected chi connectivity index (χ3v) is 4.85. The van der Waals surface area contributed by atoms with Crippen LogP contribution >= 0.6 is 36.4 Å². The molecule has 0 unspecified atom stereocenters. The normalized spacial score (nSPS) is 18.4. The van der Waals surface area contributed by atoms with Crippen molar-refractivity contribution in [2.75, 3.05) is 11.9 Å². The lowest BCUT2D eigenvalue weighted by Gasteiger charge is -2.14. The first-order valence-corrected chi connectivity index (χ1v) is 8.51. The molecular formula is C18H17Cl3F2N4O. The number of fused-ring (bicyclic) bond motifs is 1. The van der Waals surface area contributed by atoms with Crippen molar-refractivity contribution >= 4 is 59.0 Å². The molecular weight excluding hydrogens is 433 g/mol. The smallest absolute Gasteiger partial charge is 0.241 e. The number of halogens is 5. The summed E-state index contributed by atoms with van der Waals surface area (Å²) in [6.07, 6.45) is 0.524. The van der Waals surface area contributed by atoms with Gasteiger partial charge < -0.3 is 15.6 Å². The molecule has 0 spiro atoms. The second-order valence-corrected chi connectivity index (χ2v) is 6.55. The van der Waals surface area contributed by atoms with Gasteiger partial charge in [0.15, 0.2) is 5.82 Å². The maximum Gasteiger partial charge on any atom is 0.241 e. The van der Waals surface area contributed by atoms with Gasteiger partial charge in [-0.2, -0.15) is 0 Å². The zero-order valence-corrected chi connectivity index (χ0v) is 16.7. The second-order valence-electron chi connectivity index (χ2n) is 6.18. The van der Waals surface area contributed by atoms with Gasteiger partial charge in [-0.1, -0.05) is 29.8 Å². The molecule has 4 rings (SSSR count). The van der Waals surface area contributed by atoms with E-state index in [2.05, 4.69) is 20.6 Å². The maximum absolute atomic E-state index is 15.0. The highest BCUT2D eigenvalue weighted by atomic mass is 35.5. The largest absolute Gasteiger partial charge is 0.345 e. The number of carbonyl (C=O) groups is 1. The number of H-pyrrole nitrogens is 1. The zero-order valence-electron chi connectivity index (χ0n) is 14.3. The Morgan fingerprint density at radius 1 is 1.21 bits per heavy atom. The van der Waals surface area contributed by atoms with Crippen molar-refractivity contribution in [3.63, 3.8) is 0 Å². The summed E-state index contributed by atoms with van der Waals surface area (Å²) in [5.41, 5.74) is 2.04. The molecule has 1 amide bonds. The van der Waals surface area contributed by atoms with E-state index in [1.807, 2.05) is 0 Å². The minimum atomic E-state index is -1.07. The molecule has 1 aliphatic rings. The fourth-order valence-electron chi connectivity index (χ4n) is 3.13. The predicted octanol–water partition coefficient (Wildman–Crippen LogP) is 4.50. The van der Waals surface area contributed by atoms with Crippen molar-refractivity contribution in [3.05, 3.63) is 47.5 Å². The molecule has 150 valence electrons.